The van der Waals surface area contributed by atoms with Gasteiger partial charge in [-0.3, -0.25) is 10.2 Å². The molecule has 0 spiro atoms. The molecule has 4 aliphatic rings. The van der Waals surface area contributed by atoms with E-state index in [-0.39, 0.29) is 11.7 Å². The van der Waals surface area contributed by atoms with Crippen LogP contribution in [0.4, 0.5) is 0 Å². The van der Waals surface area contributed by atoms with Crippen LogP contribution in [-0.2, 0) is 42.7 Å². The van der Waals surface area contributed by atoms with Gasteiger partial charge >= 0.3 is 0 Å². The fourth-order valence-corrected chi connectivity index (χ4v) is 7.24. The molecular weight excluding hydrogens is 712 g/mol. The van der Waals surface area contributed by atoms with E-state index in [4.69, 9.17) is 43.3 Å². The Bertz CT molecular complexity index is 1150. The zero-order valence-electron chi connectivity index (χ0n) is 28.2. The van der Waals surface area contributed by atoms with Crippen molar-refractivity contribution in [2.45, 2.75) is 143 Å². The Morgan fingerprint density at radius 3 is 1.67 bits per heavy atom. The first-order chi connectivity index (χ1) is 24.0. The zero-order chi connectivity index (χ0) is 37.9. The van der Waals surface area contributed by atoms with Gasteiger partial charge in [0.15, 0.2) is 24.8 Å². The highest BCUT2D eigenvalue weighted by Crippen LogP contribution is 2.37. The summed E-state index contributed by atoms with van der Waals surface area (Å²) in [4.78, 5) is 12.6. The molecule has 4 fully saturated rings. The lowest BCUT2D eigenvalue weighted by molar-refractivity contribution is -0.383. The van der Waals surface area contributed by atoms with Crippen molar-refractivity contribution in [1.82, 2.24) is 5.32 Å². The predicted molar refractivity (Wildman–Crippen MR) is 168 cm³/mol. The van der Waals surface area contributed by atoms with Gasteiger partial charge in [-0.05, 0) is 13.8 Å². The Kier molecular flexibility index (Phi) is 15.2. The lowest BCUT2D eigenvalue weighted by atomic mass is 9.95. The third kappa shape index (κ3) is 9.47. The molecule has 21 nitrogen and oxygen atoms in total. The molecule has 4 heterocycles. The first kappa shape index (κ1) is 42.4. The molecule has 0 saturated carbocycles. The number of nitrogens with one attached hydrogen (secondary N) is 2. The minimum atomic E-state index is -1.92. The molecule has 0 bridgehead atoms. The predicted octanol–water partition coefficient (Wildman–Crippen LogP) is -6.19. The maximum Gasteiger partial charge on any atom is 0.217 e. The fraction of sp³-hybridized carbons (Fsp3) is 0.931. The monoisotopic (exact) mass is 762 g/mol. The zero-order valence-corrected chi connectivity index (χ0v) is 29.0. The summed E-state index contributed by atoms with van der Waals surface area (Å²) in [5.74, 6) is -0.888. The van der Waals surface area contributed by atoms with Gasteiger partial charge in [0.2, 0.25) is 5.91 Å². The van der Waals surface area contributed by atoms with Gasteiger partial charge in [0.25, 0.3) is 0 Å². The summed E-state index contributed by atoms with van der Waals surface area (Å²) >= 11 is 0.958. The van der Waals surface area contributed by atoms with E-state index in [0.717, 1.165) is 11.8 Å². The number of methoxy groups -OCH3 is 1. The van der Waals surface area contributed by atoms with E-state index in [2.05, 4.69) is 5.32 Å². The van der Waals surface area contributed by atoms with Gasteiger partial charge in [-0.2, -0.15) is 0 Å². The minimum Gasteiger partial charge on any atom is -0.484 e. The number of hydrogen-bond acceptors (Lipinski definition) is 21. The number of carbonyl (C=O) groups is 1. The maximum absolute atomic E-state index is 12.6. The summed E-state index contributed by atoms with van der Waals surface area (Å²) in [6.07, 6.45) is -29.0. The summed E-state index contributed by atoms with van der Waals surface area (Å²) in [6, 6.07) is -1.27. The average Bonchev–Trinajstić information content (AvgIpc) is 3.10. The van der Waals surface area contributed by atoms with E-state index in [0.29, 0.717) is 0 Å². The Morgan fingerprint density at radius 2 is 1.18 bits per heavy atom. The molecule has 51 heavy (non-hydrogen) atoms. The smallest absolute Gasteiger partial charge is 0.217 e. The number of ether oxygens (including phenoxy) is 8. The Balaban J connectivity index is 1.75. The maximum atomic E-state index is 12.6. The molecule has 12 N–H and O–H groups in total. The summed E-state index contributed by atoms with van der Waals surface area (Å²) in [6.45, 7) is 2.35. The fourth-order valence-electron chi connectivity index (χ4n) is 6.15. The van der Waals surface area contributed by atoms with Gasteiger partial charge in [-0.1, -0.05) is 0 Å². The van der Waals surface area contributed by atoms with E-state index in [9.17, 15) is 55.9 Å². The van der Waals surface area contributed by atoms with Crippen LogP contribution in [0.3, 0.4) is 0 Å². The van der Waals surface area contributed by atoms with Crippen LogP contribution in [0.2, 0.25) is 0 Å². The molecule has 0 aromatic carbocycles. The van der Waals surface area contributed by atoms with Crippen LogP contribution in [0.5, 0.6) is 0 Å². The first-order valence-electron chi connectivity index (χ1n) is 16.3. The molecule has 0 unspecified atom stereocenters. The first-order valence-corrected chi connectivity index (χ1v) is 17.3. The summed E-state index contributed by atoms with van der Waals surface area (Å²) in [5.41, 5.74) is -1.12. The van der Waals surface area contributed by atoms with Gasteiger partial charge < -0.3 is 94.3 Å². The van der Waals surface area contributed by atoms with Crippen molar-refractivity contribution in [2.24, 2.45) is 0 Å². The van der Waals surface area contributed by atoms with Gasteiger partial charge in [0, 0.05) is 6.92 Å². The molecular formula is C29H50N2O19S. The van der Waals surface area contributed by atoms with E-state index in [1.807, 2.05) is 0 Å². The van der Waals surface area contributed by atoms with Crippen LogP contribution in [0.15, 0.2) is 0 Å². The number of aliphatic hydroxyl groups is 10. The number of amides is 1. The van der Waals surface area contributed by atoms with Crippen LogP contribution in [0, 0.1) is 5.41 Å². The molecule has 4 aliphatic heterocycles. The minimum absolute atomic E-state index is 0.0912. The third-order valence-corrected chi connectivity index (χ3v) is 10.3. The van der Waals surface area contributed by atoms with Crippen LogP contribution in [0.1, 0.15) is 20.8 Å². The number of hydrogen-bond donors (Lipinski definition) is 12. The molecule has 4 rings (SSSR count). The second-order valence-electron chi connectivity index (χ2n) is 12.8. The molecule has 1 amide bonds. The summed E-state index contributed by atoms with van der Waals surface area (Å²) in [7, 11) is 1.27. The van der Waals surface area contributed by atoms with Crippen molar-refractivity contribution in [3.63, 3.8) is 0 Å². The van der Waals surface area contributed by atoms with E-state index in [1.54, 1.807) is 0 Å². The van der Waals surface area contributed by atoms with Crippen molar-refractivity contribution in [3.05, 3.63) is 0 Å². The molecule has 296 valence electrons. The molecule has 0 radical (unpaired) electrons. The summed E-state index contributed by atoms with van der Waals surface area (Å²) in [5, 5.41) is 116. The highest BCUT2D eigenvalue weighted by molar-refractivity contribution is 8.00. The standard InChI is InChI=1S/C29H50N2O19S/c1-8-15(35)18(38)21(41)26(44-8)48-23-12(6-33)47-29(51-7-13(30)43-4)14(31-10(3)34)24(23)49-28-25(20(40)17(37)11(5-32)46-28)50-27-22(42)19(39)16(36)9(2)45-27/h8-9,11-12,14-30,32-33,35-42H,5-7H2,1-4H3,(H,31,34)/t8-,9-,11+,12+,14+,15+,16+,17-,18+,19+,20-,21-,22-,23+,24+,25+,26-,27-,28-,29-/m0/s1. The topological polar surface area (TPSA) is 329 Å². The van der Waals surface area contributed by atoms with Gasteiger partial charge in [0.1, 0.15) is 84.8 Å². The van der Waals surface area contributed by atoms with E-state index in [1.165, 1.54) is 27.9 Å². The highest BCUT2D eigenvalue weighted by atomic mass is 32.2. The quantitative estimate of drug-likeness (QED) is 0.0650. The lowest BCUT2D eigenvalue weighted by Crippen LogP contribution is -2.69. The van der Waals surface area contributed by atoms with Gasteiger partial charge in [-0.15, -0.1) is 11.8 Å². The average molecular weight is 763 g/mol. The number of carbonyl (C=O) groups excluding carboxylic acids is 1. The highest BCUT2D eigenvalue weighted by Gasteiger charge is 2.56. The SMILES string of the molecule is COC(=N)CS[C@@H]1O[C@H](CO)[C@@H](O[C@@H]2O[C@@H](C)[C@@H](O)[C@@H](O)[C@@H]2O)[C@H](O[C@@H]2O[C@H](CO)[C@H](O)[C@H](O)[C@H]2O[C@@H]2O[C@@H](C)[C@@H](O)[C@@H](O)[C@@H]2O)[C@H]1NC(C)=O. The van der Waals surface area contributed by atoms with Crippen molar-refractivity contribution in [2.75, 3.05) is 26.1 Å². The molecule has 0 aromatic rings. The van der Waals surface area contributed by atoms with Gasteiger partial charge in [0.05, 0.1) is 44.3 Å². The van der Waals surface area contributed by atoms with Crippen LogP contribution >= 0.6 is 11.8 Å². The molecule has 4 saturated heterocycles. The number of rotatable bonds is 12. The van der Waals surface area contributed by atoms with E-state index < -0.39 is 141 Å². The van der Waals surface area contributed by atoms with Crippen molar-refractivity contribution in [1.29, 1.82) is 5.41 Å². The van der Waals surface area contributed by atoms with Gasteiger partial charge in [-0.25, -0.2) is 0 Å². The van der Waals surface area contributed by atoms with Crippen LogP contribution in [0.25, 0.3) is 0 Å². The lowest BCUT2D eigenvalue weighted by Gasteiger charge is -2.51. The Hall–Kier alpha value is -1.39. The number of aliphatic hydroxyl groups excluding tert-OH is 10. The van der Waals surface area contributed by atoms with Crippen LogP contribution in [-0.4, -0.2) is 211 Å². The van der Waals surface area contributed by atoms with Crippen molar-refractivity contribution in [3.8, 4) is 0 Å². The van der Waals surface area contributed by atoms with Crippen LogP contribution < -0.4 is 5.32 Å². The summed E-state index contributed by atoms with van der Waals surface area (Å²) < 4.78 is 46.2. The second kappa shape index (κ2) is 18.3. The molecule has 20 atom stereocenters. The van der Waals surface area contributed by atoms with Crippen molar-refractivity contribution < 1.29 is 93.8 Å². The molecule has 0 aromatic heterocycles. The third-order valence-electron chi connectivity index (χ3n) is 9.14. The van der Waals surface area contributed by atoms with E-state index >= 15 is 0 Å². The largest absolute Gasteiger partial charge is 0.484 e. The van der Waals surface area contributed by atoms with Crippen molar-refractivity contribution >= 4 is 23.6 Å². The normalized spacial score (nSPS) is 47.8. The molecule has 0 aliphatic carbocycles. The Morgan fingerprint density at radius 1 is 0.667 bits per heavy atom. The number of thioether (sulfide) groups is 1. The molecule has 22 heteroatoms. The Labute approximate surface area is 296 Å². The second-order valence-corrected chi connectivity index (χ2v) is 13.8.